The summed E-state index contributed by atoms with van der Waals surface area (Å²) in [5.41, 5.74) is 1.62. The maximum Gasteiger partial charge on any atom is 0.262 e. The molecule has 26 heavy (non-hydrogen) atoms. The molecule has 3 aromatic rings. The van der Waals surface area contributed by atoms with Crippen molar-refractivity contribution in [1.82, 2.24) is 19.9 Å². The Balaban J connectivity index is 1.83. The van der Waals surface area contributed by atoms with Crippen LogP contribution in [0.25, 0.3) is 10.2 Å². The van der Waals surface area contributed by atoms with Gasteiger partial charge in [0.15, 0.2) is 0 Å². The molecule has 136 valence electrons. The van der Waals surface area contributed by atoms with Crippen molar-refractivity contribution < 1.29 is 4.79 Å². The smallest absolute Gasteiger partial charge is 0.262 e. The normalized spacial score (nSPS) is 11.0. The Labute approximate surface area is 155 Å². The molecule has 6 nitrogen and oxygen atoms in total. The van der Waals surface area contributed by atoms with Crippen molar-refractivity contribution in [2.24, 2.45) is 0 Å². The van der Waals surface area contributed by atoms with Gasteiger partial charge < -0.3 is 5.32 Å². The average molecular weight is 370 g/mol. The van der Waals surface area contributed by atoms with Gasteiger partial charge in [0.05, 0.1) is 16.6 Å². The minimum absolute atomic E-state index is 0.0620. The van der Waals surface area contributed by atoms with Crippen molar-refractivity contribution in [3.05, 3.63) is 57.2 Å². The molecule has 0 fully saturated rings. The number of pyridine rings is 1. The molecule has 0 saturated carbocycles. The molecule has 0 aliphatic rings. The highest BCUT2D eigenvalue weighted by Crippen LogP contribution is 2.26. The highest BCUT2D eigenvalue weighted by atomic mass is 32.1. The van der Waals surface area contributed by atoms with Crippen molar-refractivity contribution >= 4 is 27.5 Å². The van der Waals surface area contributed by atoms with Crippen LogP contribution in [0.4, 0.5) is 0 Å². The number of thiophene rings is 1. The fraction of sp³-hybridized carbons (Fsp3) is 0.368. The van der Waals surface area contributed by atoms with Gasteiger partial charge in [0.2, 0.25) is 0 Å². The fourth-order valence-corrected chi connectivity index (χ4v) is 3.89. The molecule has 7 heteroatoms. The van der Waals surface area contributed by atoms with Crippen LogP contribution in [0.15, 0.2) is 35.6 Å². The summed E-state index contributed by atoms with van der Waals surface area (Å²) < 4.78 is 1.65. The van der Waals surface area contributed by atoms with E-state index in [0.717, 1.165) is 24.8 Å². The summed E-state index contributed by atoms with van der Waals surface area (Å²) in [7, 11) is 0. The largest absolute Gasteiger partial charge is 0.347 e. The lowest BCUT2D eigenvalue weighted by Gasteiger charge is -2.05. The van der Waals surface area contributed by atoms with Crippen LogP contribution in [-0.2, 0) is 13.1 Å². The first-order valence-corrected chi connectivity index (χ1v) is 9.59. The molecule has 0 aliphatic heterocycles. The van der Waals surface area contributed by atoms with Gasteiger partial charge in [-0.1, -0.05) is 19.8 Å². The number of aromatic nitrogens is 3. The van der Waals surface area contributed by atoms with Crippen LogP contribution < -0.4 is 10.9 Å². The summed E-state index contributed by atoms with van der Waals surface area (Å²) in [6.07, 6.45) is 8.11. The number of amides is 1. The second kappa shape index (κ2) is 8.23. The molecule has 0 saturated heterocycles. The maximum atomic E-state index is 12.7. The van der Waals surface area contributed by atoms with E-state index in [1.54, 1.807) is 23.3 Å². The highest BCUT2D eigenvalue weighted by Gasteiger charge is 2.19. The third-order valence-electron chi connectivity index (χ3n) is 4.33. The van der Waals surface area contributed by atoms with Gasteiger partial charge >= 0.3 is 0 Å². The summed E-state index contributed by atoms with van der Waals surface area (Å²) >= 11 is 1.27. The molecule has 0 aromatic carbocycles. The average Bonchev–Trinajstić information content (AvgIpc) is 3.00. The number of unbranched alkanes of at least 4 members (excludes halogenated alkanes) is 2. The van der Waals surface area contributed by atoms with E-state index >= 15 is 0 Å². The number of fused-ring (bicyclic) bond motifs is 1. The molecule has 0 aliphatic carbocycles. The SMILES string of the molecule is CCCCCn1cnc2sc(C(=O)NCc3ccncc3)c(C)c2c1=O. The number of rotatable bonds is 7. The van der Waals surface area contributed by atoms with Crippen LogP contribution in [0, 0.1) is 6.92 Å². The van der Waals surface area contributed by atoms with Crippen LogP contribution in [-0.4, -0.2) is 20.4 Å². The predicted molar refractivity (Wildman–Crippen MR) is 104 cm³/mol. The van der Waals surface area contributed by atoms with Gasteiger partial charge in [-0.2, -0.15) is 0 Å². The maximum absolute atomic E-state index is 12.7. The molecular weight excluding hydrogens is 348 g/mol. The number of nitrogens with zero attached hydrogens (tertiary/aromatic N) is 3. The Morgan fingerprint density at radius 2 is 2.04 bits per heavy atom. The predicted octanol–water partition coefficient (Wildman–Crippen LogP) is 3.28. The van der Waals surface area contributed by atoms with Crippen LogP contribution in [0.5, 0.6) is 0 Å². The Hall–Kier alpha value is -2.54. The minimum atomic E-state index is -0.181. The van der Waals surface area contributed by atoms with Gasteiger partial charge in [-0.3, -0.25) is 19.1 Å². The molecule has 0 unspecified atom stereocenters. The Bertz CT molecular complexity index is 963. The number of hydrogen-bond donors (Lipinski definition) is 1. The van der Waals surface area contributed by atoms with Gasteiger partial charge in [0, 0.05) is 25.5 Å². The lowest BCUT2D eigenvalue weighted by Crippen LogP contribution is -2.23. The molecule has 0 radical (unpaired) electrons. The van der Waals surface area contributed by atoms with E-state index < -0.39 is 0 Å². The molecule has 0 bridgehead atoms. The molecule has 0 spiro atoms. The second-order valence-electron chi connectivity index (χ2n) is 6.22. The first-order chi connectivity index (χ1) is 12.6. The quantitative estimate of drug-likeness (QED) is 0.648. The molecule has 1 N–H and O–H groups in total. The highest BCUT2D eigenvalue weighted by molar-refractivity contribution is 7.20. The van der Waals surface area contributed by atoms with E-state index in [4.69, 9.17) is 0 Å². The van der Waals surface area contributed by atoms with Crippen LogP contribution in [0.1, 0.15) is 47.0 Å². The molecule has 3 rings (SSSR count). The zero-order chi connectivity index (χ0) is 18.5. The van der Waals surface area contributed by atoms with Crippen molar-refractivity contribution in [2.75, 3.05) is 0 Å². The molecule has 3 aromatic heterocycles. The van der Waals surface area contributed by atoms with Crippen molar-refractivity contribution in [2.45, 2.75) is 46.2 Å². The summed E-state index contributed by atoms with van der Waals surface area (Å²) in [5, 5.41) is 3.46. The summed E-state index contributed by atoms with van der Waals surface area (Å²) in [5.74, 6) is -0.181. The zero-order valence-corrected chi connectivity index (χ0v) is 15.8. The molecule has 1 amide bonds. The lowest BCUT2D eigenvalue weighted by atomic mass is 10.2. The monoisotopic (exact) mass is 370 g/mol. The third kappa shape index (κ3) is 3.83. The lowest BCUT2D eigenvalue weighted by molar-refractivity contribution is 0.0954. The molecule has 3 heterocycles. The Morgan fingerprint density at radius 1 is 1.27 bits per heavy atom. The van der Waals surface area contributed by atoms with Crippen LogP contribution in [0.3, 0.4) is 0 Å². The summed E-state index contributed by atoms with van der Waals surface area (Å²) in [4.78, 5) is 34.8. The second-order valence-corrected chi connectivity index (χ2v) is 7.22. The first kappa shape index (κ1) is 18.3. The number of hydrogen-bond acceptors (Lipinski definition) is 5. The van der Waals surface area contributed by atoms with Gasteiger partial charge in [-0.15, -0.1) is 11.3 Å². The molecule has 0 atom stereocenters. The number of carbonyl (C=O) groups is 1. The number of nitrogens with one attached hydrogen (secondary N) is 1. The summed E-state index contributed by atoms with van der Waals surface area (Å²) in [6, 6.07) is 3.71. The van der Waals surface area contributed by atoms with Crippen molar-refractivity contribution in [1.29, 1.82) is 0 Å². The van der Waals surface area contributed by atoms with E-state index in [1.165, 1.54) is 11.3 Å². The van der Waals surface area contributed by atoms with E-state index in [9.17, 15) is 9.59 Å². The van der Waals surface area contributed by atoms with Gasteiger partial charge in [-0.05, 0) is 36.6 Å². The van der Waals surface area contributed by atoms with E-state index in [1.807, 2.05) is 19.1 Å². The Morgan fingerprint density at radius 3 is 2.77 bits per heavy atom. The van der Waals surface area contributed by atoms with E-state index in [0.29, 0.717) is 33.7 Å². The van der Waals surface area contributed by atoms with Crippen molar-refractivity contribution in [3.8, 4) is 0 Å². The minimum Gasteiger partial charge on any atom is -0.347 e. The van der Waals surface area contributed by atoms with E-state index in [-0.39, 0.29) is 11.5 Å². The van der Waals surface area contributed by atoms with Crippen molar-refractivity contribution in [3.63, 3.8) is 0 Å². The standard InChI is InChI=1S/C19H22N4O2S/c1-3-4-5-10-23-12-22-18-15(19(23)25)13(2)16(26-18)17(24)21-11-14-6-8-20-9-7-14/h6-9,12H,3-5,10-11H2,1-2H3,(H,21,24). The van der Waals surface area contributed by atoms with E-state index in [2.05, 4.69) is 22.2 Å². The summed E-state index contributed by atoms with van der Waals surface area (Å²) in [6.45, 7) is 5.03. The third-order valence-corrected chi connectivity index (χ3v) is 5.53. The van der Waals surface area contributed by atoms with Gasteiger partial charge in [0.25, 0.3) is 11.5 Å². The number of aryl methyl sites for hydroxylation is 2. The molecular formula is C19H22N4O2S. The fourth-order valence-electron chi connectivity index (χ4n) is 2.83. The topological polar surface area (TPSA) is 76.9 Å². The van der Waals surface area contributed by atoms with Gasteiger partial charge in [-0.25, -0.2) is 4.98 Å². The zero-order valence-electron chi connectivity index (χ0n) is 15.0. The van der Waals surface area contributed by atoms with Gasteiger partial charge in [0.1, 0.15) is 4.83 Å². The first-order valence-electron chi connectivity index (χ1n) is 8.77. The van der Waals surface area contributed by atoms with Crippen LogP contribution >= 0.6 is 11.3 Å². The van der Waals surface area contributed by atoms with Crippen LogP contribution in [0.2, 0.25) is 0 Å². The number of carbonyl (C=O) groups excluding carboxylic acids is 1. The Kier molecular flexibility index (Phi) is 5.78.